The van der Waals surface area contributed by atoms with Gasteiger partial charge in [0.15, 0.2) is 0 Å². The van der Waals surface area contributed by atoms with Crippen molar-refractivity contribution in [1.29, 1.82) is 0 Å². The van der Waals surface area contributed by atoms with Crippen LogP contribution in [0.5, 0.6) is 0 Å². The van der Waals surface area contributed by atoms with Crippen LogP contribution in [-0.4, -0.2) is 24.8 Å². The minimum atomic E-state index is -0.134. The Hall–Kier alpha value is -0.730. The third-order valence-corrected chi connectivity index (χ3v) is 1.83. The molecule has 0 saturated heterocycles. The maximum Gasteiger partial charge on any atom is 0.384 e. The van der Waals surface area contributed by atoms with E-state index in [0.717, 1.165) is 0 Å². The summed E-state index contributed by atoms with van der Waals surface area (Å²) in [7, 11) is 1.56. The first-order valence-corrected chi connectivity index (χ1v) is 3.37. The van der Waals surface area contributed by atoms with Crippen LogP contribution in [0, 0.1) is 0 Å². The first kappa shape index (κ1) is 7.38. The number of hydrogen-bond donors (Lipinski definition) is 0. The molecule has 0 bridgehead atoms. The van der Waals surface area contributed by atoms with Crippen LogP contribution in [0.25, 0.3) is 0 Å². The van der Waals surface area contributed by atoms with Gasteiger partial charge in [-0.2, -0.15) is 0 Å². The van der Waals surface area contributed by atoms with Crippen LogP contribution in [0.15, 0.2) is 4.99 Å². The fourth-order valence-electron chi connectivity index (χ4n) is 0.742. The Labute approximate surface area is 61.0 Å². The number of aliphatic imine (C=N–C) groups is 1. The van der Waals surface area contributed by atoms with Gasteiger partial charge in [0.2, 0.25) is 0 Å². The third-order valence-electron chi connectivity index (χ3n) is 1.83. The lowest BCUT2D eigenvalue weighted by molar-refractivity contribution is 0.132. The Bertz CT molecular complexity index is 163. The SMILES string of the molecule is COC1=NC(C)(C)C(C)O1. The minimum absolute atomic E-state index is 0.113. The summed E-state index contributed by atoms with van der Waals surface area (Å²) < 4.78 is 10.1. The first-order chi connectivity index (χ1) is 4.56. The maximum atomic E-state index is 5.25. The van der Waals surface area contributed by atoms with Gasteiger partial charge < -0.3 is 9.47 Å². The lowest BCUT2D eigenvalue weighted by atomic mass is 10.0. The van der Waals surface area contributed by atoms with Crippen LogP contribution in [0.4, 0.5) is 0 Å². The average Bonchev–Trinajstić information content (AvgIpc) is 2.08. The van der Waals surface area contributed by atoms with Gasteiger partial charge in [-0.15, -0.1) is 0 Å². The highest BCUT2D eigenvalue weighted by molar-refractivity contribution is 5.69. The molecule has 0 aliphatic carbocycles. The molecular weight excluding hydrogens is 130 g/mol. The van der Waals surface area contributed by atoms with Crippen molar-refractivity contribution in [2.75, 3.05) is 7.11 Å². The van der Waals surface area contributed by atoms with Gasteiger partial charge in [-0.3, -0.25) is 0 Å². The molecular formula is C7H13NO2. The van der Waals surface area contributed by atoms with Crippen molar-refractivity contribution < 1.29 is 9.47 Å². The van der Waals surface area contributed by atoms with Crippen molar-refractivity contribution in [2.45, 2.75) is 32.4 Å². The molecule has 0 saturated carbocycles. The van der Waals surface area contributed by atoms with Crippen molar-refractivity contribution in [2.24, 2.45) is 4.99 Å². The first-order valence-electron chi connectivity index (χ1n) is 3.37. The molecule has 1 heterocycles. The maximum absolute atomic E-state index is 5.25. The second-order valence-corrected chi connectivity index (χ2v) is 3.00. The second-order valence-electron chi connectivity index (χ2n) is 3.00. The third kappa shape index (κ3) is 1.08. The van der Waals surface area contributed by atoms with Crippen molar-refractivity contribution in [3.63, 3.8) is 0 Å². The van der Waals surface area contributed by atoms with Crippen LogP contribution in [0.1, 0.15) is 20.8 Å². The van der Waals surface area contributed by atoms with Gasteiger partial charge in [-0.25, -0.2) is 4.99 Å². The monoisotopic (exact) mass is 143 g/mol. The van der Waals surface area contributed by atoms with Gasteiger partial charge in [0.1, 0.15) is 6.10 Å². The largest absolute Gasteiger partial charge is 0.454 e. The van der Waals surface area contributed by atoms with Gasteiger partial charge in [0, 0.05) is 0 Å². The molecule has 0 aromatic rings. The van der Waals surface area contributed by atoms with E-state index in [1.165, 1.54) is 0 Å². The normalized spacial score (nSPS) is 29.2. The smallest absolute Gasteiger partial charge is 0.384 e. The summed E-state index contributed by atoms with van der Waals surface area (Å²) in [4.78, 5) is 4.19. The number of methoxy groups -OCH3 is 1. The van der Waals surface area contributed by atoms with E-state index in [-0.39, 0.29) is 11.6 Å². The molecule has 0 N–H and O–H groups in total. The molecule has 1 unspecified atom stereocenters. The predicted octanol–water partition coefficient (Wildman–Crippen LogP) is 1.19. The van der Waals surface area contributed by atoms with Gasteiger partial charge >= 0.3 is 6.08 Å². The molecule has 0 amide bonds. The van der Waals surface area contributed by atoms with Gasteiger partial charge in [-0.05, 0) is 20.8 Å². The number of nitrogens with zero attached hydrogens (tertiary/aromatic N) is 1. The van der Waals surface area contributed by atoms with Gasteiger partial charge in [0.05, 0.1) is 12.6 Å². The topological polar surface area (TPSA) is 30.8 Å². The highest BCUT2D eigenvalue weighted by Gasteiger charge is 2.35. The zero-order valence-corrected chi connectivity index (χ0v) is 6.84. The van der Waals surface area contributed by atoms with Gasteiger partial charge in [-0.1, -0.05) is 0 Å². The molecule has 0 fully saturated rings. The molecule has 1 rings (SSSR count). The fraction of sp³-hybridized carbons (Fsp3) is 0.857. The molecule has 0 aromatic heterocycles. The molecule has 1 atom stereocenters. The lowest BCUT2D eigenvalue weighted by Crippen LogP contribution is -2.28. The van der Waals surface area contributed by atoms with Crippen LogP contribution in [0.3, 0.4) is 0 Å². The average molecular weight is 143 g/mol. The Morgan fingerprint density at radius 1 is 1.60 bits per heavy atom. The van der Waals surface area contributed by atoms with Crippen molar-refractivity contribution in [3.05, 3.63) is 0 Å². The minimum Gasteiger partial charge on any atom is -0.454 e. The summed E-state index contributed by atoms with van der Waals surface area (Å²) >= 11 is 0. The van der Waals surface area contributed by atoms with Crippen LogP contribution in [0.2, 0.25) is 0 Å². The number of ether oxygens (including phenoxy) is 2. The van der Waals surface area contributed by atoms with Crippen LogP contribution < -0.4 is 0 Å². The Morgan fingerprint density at radius 2 is 2.20 bits per heavy atom. The lowest BCUT2D eigenvalue weighted by Gasteiger charge is -2.17. The van der Waals surface area contributed by atoms with E-state index in [9.17, 15) is 0 Å². The summed E-state index contributed by atoms with van der Waals surface area (Å²) in [5, 5.41) is 0. The molecule has 10 heavy (non-hydrogen) atoms. The number of rotatable bonds is 0. The molecule has 0 spiro atoms. The zero-order chi connectivity index (χ0) is 7.78. The Morgan fingerprint density at radius 3 is 2.40 bits per heavy atom. The highest BCUT2D eigenvalue weighted by atomic mass is 16.7. The summed E-state index contributed by atoms with van der Waals surface area (Å²) in [6.45, 7) is 6.02. The van der Waals surface area contributed by atoms with E-state index in [0.29, 0.717) is 6.08 Å². The standard InChI is InChI=1S/C7H13NO2/c1-5-7(2,3)8-6(9-4)10-5/h5H,1-4H3. The fourth-order valence-corrected chi connectivity index (χ4v) is 0.742. The molecule has 1 aliphatic heterocycles. The van der Waals surface area contributed by atoms with Crippen LogP contribution >= 0.6 is 0 Å². The molecule has 0 aromatic carbocycles. The molecule has 1 aliphatic rings. The van der Waals surface area contributed by atoms with Crippen LogP contribution in [-0.2, 0) is 9.47 Å². The predicted molar refractivity (Wildman–Crippen MR) is 39.1 cm³/mol. The molecule has 0 radical (unpaired) electrons. The highest BCUT2D eigenvalue weighted by Crippen LogP contribution is 2.24. The summed E-state index contributed by atoms with van der Waals surface area (Å²) in [6, 6.07) is 0. The van der Waals surface area contributed by atoms with Crippen molar-refractivity contribution >= 4 is 6.08 Å². The van der Waals surface area contributed by atoms with Gasteiger partial charge in [0.25, 0.3) is 0 Å². The van der Waals surface area contributed by atoms with E-state index >= 15 is 0 Å². The van der Waals surface area contributed by atoms with E-state index in [2.05, 4.69) is 4.99 Å². The summed E-state index contributed by atoms with van der Waals surface area (Å²) in [5.41, 5.74) is -0.134. The van der Waals surface area contributed by atoms with E-state index in [4.69, 9.17) is 9.47 Å². The summed E-state index contributed by atoms with van der Waals surface area (Å²) in [5.74, 6) is 0. The Kier molecular flexibility index (Phi) is 1.58. The van der Waals surface area contributed by atoms with E-state index in [1.807, 2.05) is 20.8 Å². The van der Waals surface area contributed by atoms with Crippen molar-refractivity contribution in [3.8, 4) is 0 Å². The number of hydrogen-bond acceptors (Lipinski definition) is 3. The zero-order valence-electron chi connectivity index (χ0n) is 6.84. The Balaban J connectivity index is 2.71. The second kappa shape index (κ2) is 2.15. The van der Waals surface area contributed by atoms with E-state index in [1.54, 1.807) is 7.11 Å². The quantitative estimate of drug-likeness (QED) is 0.510. The molecule has 3 nitrogen and oxygen atoms in total. The molecule has 3 heteroatoms. The van der Waals surface area contributed by atoms with E-state index < -0.39 is 0 Å². The summed E-state index contributed by atoms with van der Waals surface area (Å²) in [6.07, 6.45) is 0.514. The molecule has 58 valence electrons. The van der Waals surface area contributed by atoms with Crippen molar-refractivity contribution in [1.82, 2.24) is 0 Å².